The molecule has 3 aliphatic rings. The average molecular weight is 1510 g/mol. The number of nitrogens with zero attached hydrogens (tertiary/aromatic N) is 14. The number of carbonyl (C=O) groups is 3. The van der Waals surface area contributed by atoms with Gasteiger partial charge in [0.25, 0.3) is 0 Å². The predicted octanol–water partition coefficient (Wildman–Crippen LogP) is 11.9. The van der Waals surface area contributed by atoms with E-state index in [4.69, 9.17) is 31.4 Å². The SMILES string of the molecule is Nc1cccc(Nc2nccc(-c3ccc(N(Cc4ccccc4)C(=O)CN4CCOCC4)cc3)n2)c1.Nc1cccc(Nc2nccc(-c3ccc(N(Cc4cccs4)C(=O)CN4CCOCC4)cc3)n2)c1.Nc1nccc(Nc2nccc(-c3ccc(N(CCc4ccccc4)C(=O)CN4CCOCC4)cc3)n2)n1. The molecule has 8 heterocycles. The lowest BCUT2D eigenvalue weighted by Crippen LogP contribution is -2.45. The molecule has 0 bridgehead atoms. The molecule has 0 aliphatic carbocycles. The van der Waals surface area contributed by atoms with Gasteiger partial charge in [-0.3, -0.25) is 29.1 Å². The predicted molar refractivity (Wildman–Crippen MR) is 438 cm³/mol. The zero-order valence-corrected chi connectivity index (χ0v) is 62.3. The Morgan fingerprint density at radius 3 is 1.23 bits per heavy atom. The number of anilines is 12. The van der Waals surface area contributed by atoms with E-state index in [0.29, 0.717) is 114 Å². The van der Waals surface area contributed by atoms with E-state index in [0.717, 1.165) is 118 Å². The molecular formula is C84H88N20O6S. The third-order valence-corrected chi connectivity index (χ3v) is 19.3. The van der Waals surface area contributed by atoms with Crippen LogP contribution in [0.5, 0.6) is 0 Å². The summed E-state index contributed by atoms with van der Waals surface area (Å²) in [6.45, 7) is 11.3. The molecule has 3 amide bonds. The van der Waals surface area contributed by atoms with Crippen molar-refractivity contribution < 1.29 is 28.6 Å². The zero-order chi connectivity index (χ0) is 76.4. The molecule has 0 atom stereocenters. The Kier molecular flexibility index (Phi) is 27.0. The number of hydrogen-bond acceptors (Lipinski definition) is 24. The normalized spacial score (nSPS) is 13.8. The van der Waals surface area contributed by atoms with Gasteiger partial charge in [-0.1, -0.05) is 115 Å². The minimum atomic E-state index is 0.0640. The lowest BCUT2D eigenvalue weighted by Gasteiger charge is -2.30. The maximum atomic E-state index is 13.4. The maximum Gasteiger partial charge on any atom is 0.241 e. The minimum absolute atomic E-state index is 0.0640. The van der Waals surface area contributed by atoms with Crippen molar-refractivity contribution in [2.45, 2.75) is 19.5 Å². The van der Waals surface area contributed by atoms with Crippen molar-refractivity contribution in [2.75, 3.05) is 153 Å². The number of aromatic nitrogens is 8. The Balaban J connectivity index is 0.000000146. The number of amides is 3. The minimum Gasteiger partial charge on any atom is -0.399 e. The summed E-state index contributed by atoms with van der Waals surface area (Å²) in [5.74, 6) is 2.27. The molecule has 0 radical (unpaired) electrons. The van der Waals surface area contributed by atoms with Crippen LogP contribution in [0.1, 0.15) is 16.0 Å². The number of hydrogen-bond donors (Lipinski definition) is 6. The van der Waals surface area contributed by atoms with Crippen LogP contribution in [-0.2, 0) is 48.1 Å². The van der Waals surface area contributed by atoms with Crippen molar-refractivity contribution in [3.63, 3.8) is 0 Å². The summed E-state index contributed by atoms with van der Waals surface area (Å²) in [5.41, 5.74) is 30.3. The third kappa shape index (κ3) is 22.8. The fourth-order valence-electron chi connectivity index (χ4n) is 12.6. The van der Waals surface area contributed by atoms with Crippen LogP contribution < -0.4 is 47.9 Å². The Bertz CT molecular complexity index is 4940. The van der Waals surface area contributed by atoms with Gasteiger partial charge in [-0.25, -0.2) is 34.9 Å². The highest BCUT2D eigenvalue weighted by molar-refractivity contribution is 7.09. The molecule has 7 aromatic carbocycles. The van der Waals surface area contributed by atoms with E-state index in [1.54, 1.807) is 42.2 Å². The first kappa shape index (κ1) is 76.7. The summed E-state index contributed by atoms with van der Waals surface area (Å²) < 4.78 is 16.3. The molecule has 3 fully saturated rings. The molecule has 15 rings (SSSR count). The molecule has 0 unspecified atom stereocenters. The van der Waals surface area contributed by atoms with Gasteiger partial charge in [-0.05, 0) is 126 Å². The number of rotatable bonds is 25. The molecule has 3 aliphatic heterocycles. The van der Waals surface area contributed by atoms with Crippen LogP contribution in [0.2, 0.25) is 0 Å². The lowest BCUT2D eigenvalue weighted by molar-refractivity contribution is -0.121. The fourth-order valence-corrected chi connectivity index (χ4v) is 13.3. The average Bonchev–Trinajstić information content (AvgIpc) is 1.07. The van der Waals surface area contributed by atoms with Crippen LogP contribution in [0.4, 0.5) is 69.4 Å². The largest absolute Gasteiger partial charge is 0.399 e. The standard InChI is InChI=1S/C29H30N6O2.C28H30N8O2.C27H28N6O2S/c30-24-7-4-8-25(19-24)32-29-31-14-13-27(33-29)23-9-11-26(12-10-23)35(20-22-5-2-1-3-6-22)28(36)21-34-15-17-37-18-16-34;29-27-30-14-11-25(33-27)34-28-31-13-10-24(32-28)22-6-8-23(9-7-22)36(15-12-21-4-2-1-3-5-21)26(37)20-35-16-18-38-19-17-35;28-21-3-1-4-22(17-21)30-27-29-11-10-25(31-27)20-6-8-23(9-7-20)33(18-24-5-2-16-36-24)26(34)19-32-12-14-35-15-13-32/h1-14,19H,15-18,20-21,30H2,(H,31,32,33);1-11,13-14H,12,15-20H2,(H3,29,30,31,32,33,34);1-11,16-17H,12-15,18-19,28H2,(H,29,30,31). The first-order valence-electron chi connectivity index (χ1n) is 36.7. The number of nitrogen functional groups attached to an aromatic ring is 3. The number of carbonyl (C=O) groups excluding carboxylic acids is 3. The van der Waals surface area contributed by atoms with Gasteiger partial charge in [0.1, 0.15) is 5.82 Å². The monoisotopic (exact) mass is 1500 g/mol. The molecule has 12 aromatic rings. The van der Waals surface area contributed by atoms with Crippen molar-refractivity contribution in [2.24, 2.45) is 0 Å². The van der Waals surface area contributed by atoms with Gasteiger partial charge in [-0.2, -0.15) is 4.98 Å². The molecule has 9 N–H and O–H groups in total. The number of thiophene rings is 1. The van der Waals surface area contributed by atoms with Crippen LogP contribution >= 0.6 is 11.3 Å². The molecule has 0 spiro atoms. The first-order chi connectivity index (χ1) is 54.4. The van der Waals surface area contributed by atoms with Gasteiger partial charge in [0.2, 0.25) is 41.5 Å². The molecule has 0 saturated carbocycles. The van der Waals surface area contributed by atoms with Gasteiger partial charge in [-0.15, -0.1) is 11.3 Å². The third-order valence-electron chi connectivity index (χ3n) is 18.4. The summed E-state index contributed by atoms with van der Waals surface area (Å²) in [6, 6.07) is 70.3. The molecule has 5 aromatic heterocycles. The Morgan fingerprint density at radius 2 is 0.802 bits per heavy atom. The number of benzene rings is 7. The van der Waals surface area contributed by atoms with E-state index < -0.39 is 0 Å². The van der Waals surface area contributed by atoms with E-state index in [1.165, 1.54) is 5.56 Å². The molecule has 566 valence electrons. The van der Waals surface area contributed by atoms with Crippen molar-refractivity contribution in [1.29, 1.82) is 0 Å². The second-order valence-corrected chi connectivity index (χ2v) is 27.4. The number of ether oxygens (including phenoxy) is 3. The quantitative estimate of drug-likeness (QED) is 0.0290. The van der Waals surface area contributed by atoms with Gasteiger partial charge < -0.3 is 62.1 Å². The fraction of sp³-hybridized carbons (Fsp3) is 0.226. The number of nitrogens with one attached hydrogen (secondary N) is 3. The van der Waals surface area contributed by atoms with Crippen molar-refractivity contribution >= 4 is 98.5 Å². The molecule has 27 heteroatoms. The van der Waals surface area contributed by atoms with E-state index in [9.17, 15) is 14.4 Å². The smallest absolute Gasteiger partial charge is 0.241 e. The van der Waals surface area contributed by atoms with Crippen LogP contribution in [-0.4, -0.2) is 177 Å². The van der Waals surface area contributed by atoms with Gasteiger partial charge in [0.15, 0.2) is 0 Å². The van der Waals surface area contributed by atoms with Crippen LogP contribution in [0, 0.1) is 0 Å². The lowest BCUT2D eigenvalue weighted by atomic mass is 10.1. The van der Waals surface area contributed by atoms with Crippen molar-refractivity contribution in [3.05, 3.63) is 265 Å². The molecule has 3 saturated heterocycles. The van der Waals surface area contributed by atoms with Crippen LogP contribution in [0.25, 0.3) is 33.8 Å². The summed E-state index contributed by atoms with van der Waals surface area (Å²) >= 11 is 1.65. The van der Waals surface area contributed by atoms with Crippen LogP contribution in [0.15, 0.2) is 249 Å². The molecule has 26 nitrogen and oxygen atoms in total. The highest BCUT2D eigenvalue weighted by Crippen LogP contribution is 2.30. The van der Waals surface area contributed by atoms with Gasteiger partial charge in [0.05, 0.1) is 89.4 Å². The molecule has 111 heavy (non-hydrogen) atoms. The molecular weight excluding hydrogens is 1420 g/mol. The Labute approximate surface area is 649 Å². The topological polar surface area (TPSA) is 316 Å². The van der Waals surface area contributed by atoms with E-state index >= 15 is 0 Å². The van der Waals surface area contributed by atoms with E-state index in [1.807, 2.05) is 214 Å². The van der Waals surface area contributed by atoms with Gasteiger partial charge in [0, 0.05) is 132 Å². The van der Waals surface area contributed by atoms with Crippen molar-refractivity contribution in [1.82, 2.24) is 54.6 Å². The van der Waals surface area contributed by atoms with E-state index in [-0.39, 0.29) is 23.7 Å². The summed E-state index contributed by atoms with van der Waals surface area (Å²) in [5, 5.41) is 11.5. The maximum absolute atomic E-state index is 13.4. The number of nitrogens with two attached hydrogens (primary N) is 3. The highest BCUT2D eigenvalue weighted by Gasteiger charge is 2.25. The summed E-state index contributed by atoms with van der Waals surface area (Å²) in [4.78, 5) is 88.2. The zero-order valence-electron chi connectivity index (χ0n) is 61.5. The summed E-state index contributed by atoms with van der Waals surface area (Å²) in [6.07, 6.45) is 7.46. The van der Waals surface area contributed by atoms with Crippen molar-refractivity contribution in [3.8, 4) is 33.8 Å². The van der Waals surface area contributed by atoms with Gasteiger partial charge >= 0.3 is 0 Å². The van der Waals surface area contributed by atoms with Crippen LogP contribution in [0.3, 0.4) is 0 Å². The Hall–Kier alpha value is -12.5. The van der Waals surface area contributed by atoms with E-state index in [2.05, 4.69) is 88.7 Å². The summed E-state index contributed by atoms with van der Waals surface area (Å²) in [7, 11) is 0. The highest BCUT2D eigenvalue weighted by atomic mass is 32.1. The second-order valence-electron chi connectivity index (χ2n) is 26.3. The number of morpholine rings is 3. The Morgan fingerprint density at radius 1 is 0.396 bits per heavy atom. The second kappa shape index (κ2) is 39.1. The first-order valence-corrected chi connectivity index (χ1v) is 37.6.